The van der Waals surface area contributed by atoms with Gasteiger partial charge in [-0.2, -0.15) is 26.3 Å². The SMILES string of the molecule is Cc1cc(C(O)(C(F)(F)F)C(F)(F)F)ccc1-c1cccc(N2CC3(C2)CN(S(C)(=O)=O)C3)n1. The molecule has 186 valence electrons. The van der Waals surface area contributed by atoms with Crippen LogP contribution in [0.5, 0.6) is 0 Å². The molecule has 2 aliphatic rings. The largest absolute Gasteiger partial charge is 0.430 e. The molecule has 34 heavy (non-hydrogen) atoms. The number of aryl methyl sites for hydroxylation is 1. The molecule has 0 amide bonds. The Kier molecular flexibility index (Phi) is 5.50. The third-order valence-electron chi connectivity index (χ3n) is 6.34. The van der Waals surface area contributed by atoms with E-state index in [2.05, 4.69) is 4.98 Å². The van der Waals surface area contributed by atoms with E-state index in [0.717, 1.165) is 12.3 Å². The Bertz CT molecular complexity index is 1200. The zero-order chi connectivity index (χ0) is 25.3. The van der Waals surface area contributed by atoms with E-state index >= 15 is 0 Å². The van der Waals surface area contributed by atoms with E-state index in [-0.39, 0.29) is 11.0 Å². The molecule has 2 aromatic rings. The highest BCUT2D eigenvalue weighted by Gasteiger charge is 2.71. The van der Waals surface area contributed by atoms with Gasteiger partial charge in [0.25, 0.3) is 5.60 Å². The number of aliphatic hydroxyl groups is 1. The van der Waals surface area contributed by atoms with Crippen LogP contribution in [0, 0.1) is 12.3 Å². The molecule has 1 aromatic heterocycles. The van der Waals surface area contributed by atoms with Gasteiger partial charge in [0, 0.05) is 42.7 Å². The third-order valence-corrected chi connectivity index (χ3v) is 7.54. The molecule has 13 heteroatoms. The number of alkyl halides is 6. The van der Waals surface area contributed by atoms with Crippen molar-refractivity contribution in [2.45, 2.75) is 24.9 Å². The van der Waals surface area contributed by atoms with Crippen LogP contribution in [0.1, 0.15) is 11.1 Å². The normalized spacial score (nSPS) is 19.1. The van der Waals surface area contributed by atoms with Gasteiger partial charge in [-0.1, -0.05) is 24.3 Å². The van der Waals surface area contributed by atoms with Crippen molar-refractivity contribution in [1.82, 2.24) is 9.29 Å². The summed E-state index contributed by atoms with van der Waals surface area (Å²) in [6.07, 6.45) is -10.8. The molecule has 0 atom stereocenters. The fourth-order valence-corrected chi connectivity index (χ4v) is 5.49. The van der Waals surface area contributed by atoms with Crippen molar-refractivity contribution in [3.8, 4) is 11.3 Å². The van der Waals surface area contributed by atoms with Crippen LogP contribution in [0.3, 0.4) is 0 Å². The molecule has 1 aromatic carbocycles. The summed E-state index contributed by atoms with van der Waals surface area (Å²) in [4.78, 5) is 6.42. The van der Waals surface area contributed by atoms with Crippen LogP contribution in [0.4, 0.5) is 32.2 Å². The first-order valence-corrected chi connectivity index (χ1v) is 12.0. The highest BCUT2D eigenvalue weighted by molar-refractivity contribution is 7.88. The molecule has 1 N–H and O–H groups in total. The van der Waals surface area contributed by atoms with Gasteiger partial charge in [0.05, 0.1) is 11.9 Å². The van der Waals surface area contributed by atoms with Crippen molar-refractivity contribution < 1.29 is 39.9 Å². The first kappa shape index (κ1) is 24.7. The van der Waals surface area contributed by atoms with Crippen LogP contribution in [0.25, 0.3) is 11.3 Å². The molecule has 2 aliphatic heterocycles. The number of nitrogens with zero attached hydrogens (tertiary/aromatic N) is 3. The second-order valence-corrected chi connectivity index (χ2v) is 11.0. The number of anilines is 1. The van der Waals surface area contributed by atoms with Gasteiger partial charge in [0.2, 0.25) is 10.0 Å². The Morgan fingerprint density at radius 3 is 2.06 bits per heavy atom. The molecule has 2 saturated heterocycles. The van der Waals surface area contributed by atoms with Gasteiger partial charge in [-0.25, -0.2) is 17.7 Å². The van der Waals surface area contributed by atoms with Crippen LogP contribution < -0.4 is 4.90 Å². The van der Waals surface area contributed by atoms with E-state index in [1.165, 1.54) is 11.2 Å². The molecule has 0 aliphatic carbocycles. The van der Waals surface area contributed by atoms with E-state index in [0.29, 0.717) is 55.4 Å². The second-order valence-electron chi connectivity index (χ2n) is 9.00. The van der Waals surface area contributed by atoms with Crippen LogP contribution in [-0.2, 0) is 15.6 Å². The number of halogens is 6. The summed E-state index contributed by atoms with van der Waals surface area (Å²) in [5.41, 5.74) is -5.71. The lowest BCUT2D eigenvalue weighted by molar-refractivity contribution is -0.376. The first-order chi connectivity index (χ1) is 15.5. The Labute approximate surface area is 191 Å². The average molecular weight is 509 g/mol. The number of sulfonamides is 1. The molecule has 0 bridgehead atoms. The monoisotopic (exact) mass is 509 g/mol. The Balaban J connectivity index is 1.56. The molecule has 3 heterocycles. The van der Waals surface area contributed by atoms with Crippen molar-refractivity contribution in [2.24, 2.45) is 5.41 Å². The van der Waals surface area contributed by atoms with Crippen LogP contribution >= 0.6 is 0 Å². The number of pyridine rings is 1. The van der Waals surface area contributed by atoms with Crippen molar-refractivity contribution >= 4 is 15.8 Å². The fraction of sp³-hybridized carbons (Fsp3) is 0.476. The van der Waals surface area contributed by atoms with Gasteiger partial charge in [-0.05, 0) is 24.6 Å². The van der Waals surface area contributed by atoms with E-state index in [1.54, 1.807) is 18.2 Å². The Hall–Kier alpha value is -2.38. The van der Waals surface area contributed by atoms with Gasteiger partial charge in [0.15, 0.2) is 0 Å². The zero-order valence-electron chi connectivity index (χ0n) is 18.1. The number of benzene rings is 1. The molecule has 2 fully saturated rings. The lowest BCUT2D eigenvalue weighted by atomic mass is 9.74. The van der Waals surface area contributed by atoms with Crippen molar-refractivity contribution in [2.75, 3.05) is 37.3 Å². The fourth-order valence-electron chi connectivity index (χ4n) is 4.48. The minimum atomic E-state index is -5.96. The maximum atomic E-state index is 13.2. The number of hydrogen-bond acceptors (Lipinski definition) is 5. The summed E-state index contributed by atoms with van der Waals surface area (Å²) in [6.45, 7) is 3.34. The summed E-state index contributed by atoms with van der Waals surface area (Å²) < 4.78 is 104. The quantitative estimate of drug-likeness (QED) is 0.640. The summed E-state index contributed by atoms with van der Waals surface area (Å²) in [5, 5.41) is 9.63. The second kappa shape index (κ2) is 7.56. The Morgan fingerprint density at radius 1 is 0.971 bits per heavy atom. The lowest BCUT2D eigenvalue weighted by Crippen LogP contribution is -2.73. The van der Waals surface area contributed by atoms with Gasteiger partial charge in [-0.3, -0.25) is 0 Å². The first-order valence-electron chi connectivity index (χ1n) is 10.1. The minimum Gasteiger partial charge on any atom is -0.369 e. The van der Waals surface area contributed by atoms with Gasteiger partial charge in [0.1, 0.15) is 5.82 Å². The number of aromatic nitrogens is 1. The smallest absolute Gasteiger partial charge is 0.369 e. The summed E-state index contributed by atoms with van der Waals surface area (Å²) in [5.74, 6) is 0.562. The van der Waals surface area contributed by atoms with Crippen molar-refractivity contribution in [3.63, 3.8) is 0 Å². The highest BCUT2D eigenvalue weighted by Crippen LogP contribution is 2.50. The predicted octanol–water partition coefficient (Wildman–Crippen LogP) is 3.45. The summed E-state index contributed by atoms with van der Waals surface area (Å²) in [7, 11) is -3.24. The van der Waals surface area contributed by atoms with Gasteiger partial charge in [-0.15, -0.1) is 0 Å². The summed E-state index contributed by atoms with van der Waals surface area (Å²) >= 11 is 0. The maximum Gasteiger partial charge on any atom is 0.430 e. The van der Waals surface area contributed by atoms with E-state index < -0.39 is 33.5 Å². The third kappa shape index (κ3) is 3.93. The van der Waals surface area contributed by atoms with Crippen molar-refractivity contribution in [1.29, 1.82) is 0 Å². The van der Waals surface area contributed by atoms with E-state index in [9.17, 15) is 39.9 Å². The van der Waals surface area contributed by atoms with Crippen LogP contribution in [-0.4, -0.2) is 67.6 Å². The Morgan fingerprint density at radius 2 is 1.56 bits per heavy atom. The van der Waals surface area contributed by atoms with E-state index in [4.69, 9.17) is 0 Å². The minimum absolute atomic E-state index is 0.0805. The van der Waals surface area contributed by atoms with Gasteiger partial charge >= 0.3 is 12.4 Å². The molecule has 0 saturated carbocycles. The van der Waals surface area contributed by atoms with Crippen LogP contribution in [0.2, 0.25) is 0 Å². The van der Waals surface area contributed by atoms with Crippen molar-refractivity contribution in [3.05, 3.63) is 47.5 Å². The molecule has 1 spiro atoms. The number of hydrogen-bond donors (Lipinski definition) is 1. The predicted molar refractivity (Wildman–Crippen MR) is 111 cm³/mol. The topological polar surface area (TPSA) is 73.7 Å². The molecule has 0 radical (unpaired) electrons. The molecule has 0 unspecified atom stereocenters. The molecular formula is C21H21F6N3O3S. The molecule has 6 nitrogen and oxygen atoms in total. The lowest BCUT2D eigenvalue weighted by Gasteiger charge is -2.59. The van der Waals surface area contributed by atoms with Crippen LogP contribution in [0.15, 0.2) is 36.4 Å². The zero-order valence-corrected chi connectivity index (χ0v) is 18.9. The summed E-state index contributed by atoms with van der Waals surface area (Å²) in [6, 6.07) is 7.31. The molecular weight excluding hydrogens is 488 g/mol. The van der Waals surface area contributed by atoms with Gasteiger partial charge < -0.3 is 10.0 Å². The number of rotatable bonds is 4. The van der Waals surface area contributed by atoms with E-state index in [1.807, 2.05) is 4.90 Å². The average Bonchev–Trinajstić information content (AvgIpc) is 2.62. The maximum absolute atomic E-state index is 13.2. The highest BCUT2D eigenvalue weighted by atomic mass is 32.2. The molecule has 4 rings (SSSR count). The standard InChI is InChI=1S/C21H21F6N3O3S/c1-13-8-14(19(31,20(22,23)24)21(25,26)27)6-7-15(13)16-4-3-5-17(28-16)29-9-18(10-29)11-30(12-18)34(2,32)33/h3-8,31H,9-12H2,1-2H3.